The fourth-order valence-corrected chi connectivity index (χ4v) is 4.08. The van der Waals surface area contributed by atoms with Gasteiger partial charge in [-0.2, -0.15) is 0 Å². The van der Waals surface area contributed by atoms with Crippen LogP contribution in [0, 0.1) is 13.8 Å². The molecule has 2 aromatic rings. The maximum absolute atomic E-state index is 12.6. The Hall–Kier alpha value is -3.35. The Morgan fingerprint density at radius 2 is 1.93 bits per heavy atom. The summed E-state index contributed by atoms with van der Waals surface area (Å²) in [6, 6.07) is 10.7. The molecule has 1 saturated heterocycles. The standard InChI is InChI=1S/C23H25N3O4/c1-13-6-4-7-14(2)20(13)25-21(27)15(3)30-23(29)16-9-10-18-17(12-16)24-22(28)19-8-5-11-26(18)19/h4,6-7,9-10,12,15,19H,5,8,11H2,1-3H3,(H,24,28)(H,25,27)/t15-,19+/m1/s1. The van der Waals surface area contributed by atoms with Crippen LogP contribution in [0.4, 0.5) is 17.1 Å². The van der Waals surface area contributed by atoms with Crippen molar-refractivity contribution in [2.75, 3.05) is 22.1 Å². The number of rotatable bonds is 4. The van der Waals surface area contributed by atoms with Gasteiger partial charge in [0.05, 0.1) is 16.9 Å². The molecular weight excluding hydrogens is 382 g/mol. The first-order chi connectivity index (χ1) is 14.3. The smallest absolute Gasteiger partial charge is 0.338 e. The Balaban J connectivity index is 1.46. The van der Waals surface area contributed by atoms with Gasteiger partial charge in [-0.1, -0.05) is 18.2 Å². The normalized spacial score (nSPS) is 18.2. The number of hydrogen-bond acceptors (Lipinski definition) is 5. The highest BCUT2D eigenvalue weighted by Crippen LogP contribution is 2.37. The number of nitrogens with zero attached hydrogens (tertiary/aromatic N) is 1. The summed E-state index contributed by atoms with van der Waals surface area (Å²) in [5, 5.41) is 5.72. The molecule has 0 saturated carbocycles. The lowest BCUT2D eigenvalue weighted by atomic mass is 10.1. The van der Waals surface area contributed by atoms with Crippen LogP contribution >= 0.6 is 0 Å². The predicted octanol–water partition coefficient (Wildman–Crippen LogP) is 3.41. The monoisotopic (exact) mass is 407 g/mol. The van der Waals surface area contributed by atoms with Crippen molar-refractivity contribution >= 4 is 34.8 Å². The zero-order valence-electron chi connectivity index (χ0n) is 17.3. The van der Waals surface area contributed by atoms with E-state index in [-0.39, 0.29) is 11.9 Å². The Bertz CT molecular complexity index is 1010. The van der Waals surface area contributed by atoms with Gasteiger partial charge in [0.2, 0.25) is 5.91 Å². The average Bonchev–Trinajstić information content (AvgIpc) is 3.21. The van der Waals surface area contributed by atoms with Crippen LogP contribution < -0.4 is 15.5 Å². The minimum atomic E-state index is -0.968. The molecule has 2 heterocycles. The molecule has 2 aliphatic heterocycles. The summed E-state index contributed by atoms with van der Waals surface area (Å²) in [4.78, 5) is 39.5. The molecule has 0 unspecified atom stereocenters. The van der Waals surface area contributed by atoms with Crippen LogP contribution in [-0.2, 0) is 14.3 Å². The van der Waals surface area contributed by atoms with Gasteiger partial charge in [0.15, 0.2) is 6.10 Å². The van der Waals surface area contributed by atoms with Crippen molar-refractivity contribution in [1.29, 1.82) is 0 Å². The van der Waals surface area contributed by atoms with Crippen molar-refractivity contribution in [2.45, 2.75) is 45.8 Å². The highest BCUT2D eigenvalue weighted by molar-refractivity contribution is 6.06. The van der Waals surface area contributed by atoms with Gasteiger partial charge in [-0.3, -0.25) is 9.59 Å². The number of aryl methyl sites for hydroxylation is 2. The molecule has 0 radical (unpaired) electrons. The number of anilines is 3. The first-order valence-electron chi connectivity index (χ1n) is 10.1. The van der Waals surface area contributed by atoms with Gasteiger partial charge in [0.1, 0.15) is 6.04 Å². The first kappa shape index (κ1) is 19.9. The van der Waals surface area contributed by atoms with Crippen LogP contribution in [0.15, 0.2) is 36.4 Å². The topological polar surface area (TPSA) is 87.7 Å². The second-order valence-electron chi connectivity index (χ2n) is 7.88. The summed E-state index contributed by atoms with van der Waals surface area (Å²) in [5.74, 6) is -1.06. The number of nitrogens with one attached hydrogen (secondary N) is 2. The summed E-state index contributed by atoms with van der Waals surface area (Å²) in [6.45, 7) is 6.18. The van der Waals surface area contributed by atoms with E-state index in [0.29, 0.717) is 11.3 Å². The van der Waals surface area contributed by atoms with E-state index in [9.17, 15) is 14.4 Å². The van der Waals surface area contributed by atoms with Crippen molar-refractivity contribution in [3.8, 4) is 0 Å². The number of fused-ring (bicyclic) bond motifs is 3. The number of benzene rings is 2. The molecule has 2 atom stereocenters. The minimum absolute atomic E-state index is 0.0492. The number of carbonyl (C=O) groups is 3. The first-order valence-corrected chi connectivity index (χ1v) is 10.1. The average molecular weight is 407 g/mol. The molecule has 1 fully saturated rings. The van der Waals surface area contributed by atoms with E-state index >= 15 is 0 Å². The van der Waals surface area contributed by atoms with Crippen LogP contribution in [0.25, 0.3) is 0 Å². The maximum Gasteiger partial charge on any atom is 0.338 e. The SMILES string of the molecule is Cc1cccc(C)c1NC(=O)[C@@H](C)OC(=O)c1ccc2c(c1)NC(=O)[C@@H]1CCCN21. The predicted molar refractivity (Wildman–Crippen MR) is 115 cm³/mol. The highest BCUT2D eigenvalue weighted by atomic mass is 16.5. The number of carbonyl (C=O) groups excluding carboxylic acids is 3. The van der Waals surface area contributed by atoms with Crippen LogP contribution in [0.5, 0.6) is 0 Å². The number of para-hydroxylation sites is 1. The van der Waals surface area contributed by atoms with E-state index < -0.39 is 18.0 Å². The van der Waals surface area contributed by atoms with Crippen LogP contribution in [0.2, 0.25) is 0 Å². The fourth-order valence-electron chi connectivity index (χ4n) is 4.08. The van der Waals surface area contributed by atoms with E-state index in [1.165, 1.54) is 6.92 Å². The van der Waals surface area contributed by atoms with Crippen molar-refractivity contribution in [2.24, 2.45) is 0 Å². The summed E-state index contributed by atoms with van der Waals surface area (Å²) < 4.78 is 5.38. The molecule has 2 aromatic carbocycles. The lowest BCUT2D eigenvalue weighted by molar-refractivity contribution is -0.123. The van der Waals surface area contributed by atoms with Crippen LogP contribution in [0.1, 0.15) is 41.3 Å². The van der Waals surface area contributed by atoms with Crippen LogP contribution in [-0.4, -0.2) is 36.5 Å². The molecule has 0 aromatic heterocycles. The molecular formula is C23H25N3O4. The van der Waals surface area contributed by atoms with Gasteiger partial charge in [-0.25, -0.2) is 4.79 Å². The molecule has 2 N–H and O–H groups in total. The van der Waals surface area contributed by atoms with Crippen molar-refractivity contribution in [3.63, 3.8) is 0 Å². The van der Waals surface area contributed by atoms with Gasteiger partial charge in [-0.15, -0.1) is 0 Å². The number of hydrogen-bond donors (Lipinski definition) is 2. The molecule has 30 heavy (non-hydrogen) atoms. The van der Waals surface area contributed by atoms with Gasteiger partial charge < -0.3 is 20.3 Å². The molecule has 2 aliphatic rings. The van der Waals surface area contributed by atoms with Gasteiger partial charge in [-0.05, 0) is 62.9 Å². The van der Waals surface area contributed by atoms with Gasteiger partial charge >= 0.3 is 5.97 Å². The van der Waals surface area contributed by atoms with E-state index in [4.69, 9.17) is 4.74 Å². The molecule has 156 valence electrons. The Kier molecular flexibility index (Phi) is 5.20. The highest BCUT2D eigenvalue weighted by Gasteiger charge is 2.36. The maximum atomic E-state index is 12.6. The lowest BCUT2D eigenvalue weighted by Gasteiger charge is -2.33. The van der Waals surface area contributed by atoms with E-state index in [1.54, 1.807) is 12.1 Å². The molecule has 0 aliphatic carbocycles. The quantitative estimate of drug-likeness (QED) is 0.759. The van der Waals surface area contributed by atoms with Crippen molar-refractivity contribution in [1.82, 2.24) is 0 Å². The summed E-state index contributed by atoms with van der Waals surface area (Å²) in [6.07, 6.45) is 0.834. The molecule has 0 spiro atoms. The zero-order valence-corrected chi connectivity index (χ0v) is 17.3. The number of esters is 1. The Labute approximate surface area is 175 Å². The minimum Gasteiger partial charge on any atom is -0.449 e. The second-order valence-corrected chi connectivity index (χ2v) is 7.88. The molecule has 2 amide bonds. The number of ether oxygens (including phenoxy) is 1. The van der Waals surface area contributed by atoms with E-state index in [0.717, 1.165) is 41.9 Å². The summed E-state index contributed by atoms with van der Waals surface area (Å²) in [5.41, 5.74) is 4.40. The van der Waals surface area contributed by atoms with E-state index in [1.807, 2.05) is 38.1 Å². The van der Waals surface area contributed by atoms with Crippen molar-refractivity contribution in [3.05, 3.63) is 53.1 Å². The fraction of sp³-hybridized carbons (Fsp3) is 0.348. The van der Waals surface area contributed by atoms with Gasteiger partial charge in [0, 0.05) is 12.2 Å². The van der Waals surface area contributed by atoms with Gasteiger partial charge in [0.25, 0.3) is 5.91 Å². The third kappa shape index (κ3) is 3.63. The third-order valence-corrected chi connectivity index (χ3v) is 5.74. The second kappa shape index (κ2) is 7.82. The molecule has 7 heteroatoms. The van der Waals surface area contributed by atoms with Crippen LogP contribution in [0.3, 0.4) is 0 Å². The Morgan fingerprint density at radius 3 is 2.67 bits per heavy atom. The molecule has 4 rings (SSSR count). The zero-order chi connectivity index (χ0) is 21.4. The third-order valence-electron chi connectivity index (χ3n) is 5.74. The summed E-state index contributed by atoms with van der Waals surface area (Å²) in [7, 11) is 0. The lowest BCUT2D eigenvalue weighted by Crippen LogP contribution is -2.43. The Morgan fingerprint density at radius 1 is 1.20 bits per heavy atom. The molecule has 7 nitrogen and oxygen atoms in total. The largest absolute Gasteiger partial charge is 0.449 e. The number of amides is 2. The van der Waals surface area contributed by atoms with Crippen molar-refractivity contribution < 1.29 is 19.1 Å². The van der Waals surface area contributed by atoms with E-state index in [2.05, 4.69) is 15.5 Å². The summed E-state index contributed by atoms with van der Waals surface area (Å²) >= 11 is 0. The molecule has 0 bridgehead atoms.